The van der Waals surface area contributed by atoms with Gasteiger partial charge in [0.15, 0.2) is 0 Å². The van der Waals surface area contributed by atoms with E-state index in [1.807, 2.05) is 0 Å². The topological polar surface area (TPSA) is 106 Å². The van der Waals surface area contributed by atoms with Gasteiger partial charge < -0.3 is 15.1 Å². The predicted molar refractivity (Wildman–Crippen MR) is 72.8 cm³/mol. The zero-order valence-corrected chi connectivity index (χ0v) is 12.4. The van der Waals surface area contributed by atoms with Crippen molar-refractivity contribution in [2.24, 2.45) is 5.73 Å². The van der Waals surface area contributed by atoms with Crippen LogP contribution >= 0.6 is 0 Å². The summed E-state index contributed by atoms with van der Waals surface area (Å²) in [6, 6.07) is 1.24. The van der Waals surface area contributed by atoms with Gasteiger partial charge in [-0.2, -0.15) is 0 Å². The highest BCUT2D eigenvalue weighted by Crippen LogP contribution is 2.21. The van der Waals surface area contributed by atoms with Crippen LogP contribution < -0.4 is 10.5 Å². The number of amides is 1. The summed E-state index contributed by atoms with van der Waals surface area (Å²) in [7, 11) is -2.40. The largest absolute Gasteiger partial charge is 0.448 e. The van der Waals surface area contributed by atoms with Crippen LogP contribution in [0.5, 0.6) is 0 Å². The standard InChI is InChI=1S/C12H19N3O4S/c1-8-10(6-11(19-8)20(17,18)14-2)12(16)15-5-3-4-9(13)7-15/h6,9,14H,3-5,7,13H2,1-2H3/t9-/m1/s1. The molecule has 1 saturated heterocycles. The van der Waals surface area contributed by atoms with Crippen LogP contribution in [0, 0.1) is 6.92 Å². The Morgan fingerprint density at radius 3 is 2.85 bits per heavy atom. The maximum Gasteiger partial charge on any atom is 0.273 e. The molecule has 0 unspecified atom stereocenters. The number of nitrogens with zero attached hydrogens (tertiary/aromatic N) is 1. The van der Waals surface area contributed by atoms with Crippen LogP contribution in [0.3, 0.4) is 0 Å². The average molecular weight is 301 g/mol. The van der Waals surface area contributed by atoms with Gasteiger partial charge in [0, 0.05) is 25.2 Å². The van der Waals surface area contributed by atoms with Crippen molar-refractivity contribution in [2.75, 3.05) is 20.1 Å². The summed E-state index contributed by atoms with van der Waals surface area (Å²) in [5, 5.41) is -0.248. The molecule has 0 saturated carbocycles. The van der Waals surface area contributed by atoms with Crippen molar-refractivity contribution in [3.05, 3.63) is 17.4 Å². The molecule has 1 aromatic heterocycles. The lowest BCUT2D eigenvalue weighted by molar-refractivity contribution is 0.0707. The Morgan fingerprint density at radius 1 is 1.55 bits per heavy atom. The zero-order chi connectivity index (χ0) is 14.9. The predicted octanol–water partition coefficient (Wildman–Crippen LogP) is 0.0594. The number of carbonyl (C=O) groups is 1. The number of nitrogens with two attached hydrogens (primary N) is 1. The molecule has 2 heterocycles. The number of piperidine rings is 1. The summed E-state index contributed by atoms with van der Waals surface area (Å²) in [5.74, 6) is 0.0573. The molecule has 0 bridgehead atoms. The number of sulfonamides is 1. The Morgan fingerprint density at radius 2 is 2.25 bits per heavy atom. The highest BCUT2D eigenvalue weighted by molar-refractivity contribution is 7.89. The number of rotatable bonds is 3. The Labute approximate surface area is 118 Å². The normalized spacial score (nSPS) is 20.1. The first-order chi connectivity index (χ1) is 9.35. The number of hydrogen-bond donors (Lipinski definition) is 2. The second-order valence-corrected chi connectivity index (χ2v) is 6.71. The number of aryl methyl sites for hydroxylation is 1. The highest BCUT2D eigenvalue weighted by atomic mass is 32.2. The minimum atomic E-state index is -3.69. The van der Waals surface area contributed by atoms with E-state index in [2.05, 4.69) is 4.72 Å². The Kier molecular flexibility index (Phi) is 4.17. The SMILES string of the molecule is CNS(=O)(=O)c1cc(C(=O)N2CCC[C@@H](N)C2)c(C)o1. The molecule has 1 fully saturated rings. The quantitative estimate of drug-likeness (QED) is 0.821. The number of likely N-dealkylation sites (tertiary alicyclic amines) is 1. The fourth-order valence-corrected chi connectivity index (χ4v) is 2.97. The van der Waals surface area contributed by atoms with E-state index in [4.69, 9.17) is 10.2 Å². The Balaban J connectivity index is 2.27. The minimum absolute atomic E-state index is 0.0274. The molecule has 2 rings (SSSR count). The maximum atomic E-state index is 12.4. The van der Waals surface area contributed by atoms with Gasteiger partial charge in [0.05, 0.1) is 5.56 Å². The fraction of sp³-hybridized carbons (Fsp3) is 0.583. The van der Waals surface area contributed by atoms with Crippen LogP contribution in [-0.4, -0.2) is 45.4 Å². The van der Waals surface area contributed by atoms with Crippen molar-refractivity contribution in [3.63, 3.8) is 0 Å². The van der Waals surface area contributed by atoms with Crippen LogP contribution in [0.1, 0.15) is 29.0 Å². The van der Waals surface area contributed by atoms with Gasteiger partial charge in [0.1, 0.15) is 5.76 Å². The molecular weight excluding hydrogens is 282 g/mol. The summed E-state index contributed by atoms with van der Waals surface area (Å²) < 4.78 is 30.7. The molecule has 1 aromatic rings. The van der Waals surface area contributed by atoms with Gasteiger partial charge in [-0.05, 0) is 26.8 Å². The van der Waals surface area contributed by atoms with E-state index < -0.39 is 10.0 Å². The van der Waals surface area contributed by atoms with Gasteiger partial charge in [-0.15, -0.1) is 0 Å². The molecule has 8 heteroatoms. The van der Waals surface area contributed by atoms with Gasteiger partial charge >= 0.3 is 0 Å². The van der Waals surface area contributed by atoms with Crippen molar-refractivity contribution in [3.8, 4) is 0 Å². The van der Waals surface area contributed by atoms with Crippen LogP contribution in [0.4, 0.5) is 0 Å². The van der Waals surface area contributed by atoms with Gasteiger partial charge in [-0.25, -0.2) is 13.1 Å². The van der Waals surface area contributed by atoms with Gasteiger partial charge in [-0.1, -0.05) is 0 Å². The first-order valence-corrected chi connectivity index (χ1v) is 7.92. The third-order valence-corrected chi connectivity index (χ3v) is 4.67. The molecule has 1 atom stereocenters. The highest BCUT2D eigenvalue weighted by Gasteiger charge is 2.27. The second kappa shape index (κ2) is 5.55. The first-order valence-electron chi connectivity index (χ1n) is 6.44. The molecule has 112 valence electrons. The molecule has 0 aromatic carbocycles. The summed E-state index contributed by atoms with van der Waals surface area (Å²) in [6.45, 7) is 2.69. The van der Waals surface area contributed by atoms with Crippen molar-refractivity contribution < 1.29 is 17.6 Å². The summed E-state index contributed by atoms with van der Waals surface area (Å²) in [6.07, 6.45) is 1.75. The van der Waals surface area contributed by atoms with E-state index in [-0.39, 0.29) is 22.6 Å². The molecule has 1 aliphatic rings. The molecule has 20 heavy (non-hydrogen) atoms. The maximum absolute atomic E-state index is 12.4. The third-order valence-electron chi connectivity index (χ3n) is 3.40. The molecular formula is C12H19N3O4S. The first kappa shape index (κ1) is 15.0. The number of nitrogens with one attached hydrogen (secondary N) is 1. The van der Waals surface area contributed by atoms with Gasteiger partial charge in [0.25, 0.3) is 15.9 Å². The lowest BCUT2D eigenvalue weighted by atomic mass is 10.1. The molecule has 0 radical (unpaired) electrons. The Bertz CT molecular complexity index is 608. The number of furan rings is 1. The second-order valence-electron chi connectivity index (χ2n) is 4.90. The molecule has 3 N–H and O–H groups in total. The van der Waals surface area contributed by atoms with E-state index in [0.29, 0.717) is 18.8 Å². The zero-order valence-electron chi connectivity index (χ0n) is 11.5. The molecule has 1 aliphatic heterocycles. The van der Waals surface area contributed by atoms with E-state index in [1.54, 1.807) is 11.8 Å². The average Bonchev–Trinajstić information content (AvgIpc) is 2.81. The molecule has 0 aliphatic carbocycles. The van der Waals surface area contributed by atoms with Crippen LogP contribution in [-0.2, 0) is 10.0 Å². The lowest BCUT2D eigenvalue weighted by Gasteiger charge is -2.30. The molecule has 0 spiro atoms. The van der Waals surface area contributed by atoms with E-state index in [1.165, 1.54) is 13.1 Å². The summed E-state index contributed by atoms with van der Waals surface area (Å²) >= 11 is 0. The van der Waals surface area contributed by atoms with Gasteiger partial charge in [0.2, 0.25) is 5.09 Å². The van der Waals surface area contributed by atoms with Crippen molar-refractivity contribution >= 4 is 15.9 Å². The van der Waals surface area contributed by atoms with Crippen molar-refractivity contribution in [2.45, 2.75) is 30.9 Å². The van der Waals surface area contributed by atoms with Crippen LogP contribution in [0.15, 0.2) is 15.6 Å². The smallest absolute Gasteiger partial charge is 0.273 e. The minimum Gasteiger partial charge on any atom is -0.448 e. The van der Waals surface area contributed by atoms with Gasteiger partial charge in [-0.3, -0.25) is 4.79 Å². The van der Waals surface area contributed by atoms with Crippen molar-refractivity contribution in [1.29, 1.82) is 0 Å². The molecule has 1 amide bonds. The Hall–Kier alpha value is -1.38. The van der Waals surface area contributed by atoms with E-state index >= 15 is 0 Å². The number of carbonyl (C=O) groups excluding carboxylic acids is 1. The summed E-state index contributed by atoms with van der Waals surface area (Å²) in [4.78, 5) is 14.0. The van der Waals surface area contributed by atoms with E-state index in [9.17, 15) is 13.2 Å². The van der Waals surface area contributed by atoms with E-state index in [0.717, 1.165) is 12.8 Å². The lowest BCUT2D eigenvalue weighted by Crippen LogP contribution is -2.45. The molecule has 7 nitrogen and oxygen atoms in total. The number of hydrogen-bond acceptors (Lipinski definition) is 5. The van der Waals surface area contributed by atoms with Crippen LogP contribution in [0.25, 0.3) is 0 Å². The fourth-order valence-electron chi connectivity index (χ4n) is 2.26. The summed E-state index contributed by atoms with van der Waals surface area (Å²) in [5.41, 5.74) is 6.12. The monoisotopic (exact) mass is 301 g/mol. The van der Waals surface area contributed by atoms with Crippen molar-refractivity contribution in [1.82, 2.24) is 9.62 Å². The third kappa shape index (κ3) is 2.87. The van der Waals surface area contributed by atoms with Crippen LogP contribution in [0.2, 0.25) is 0 Å².